The molecule has 0 aliphatic carbocycles. The molecule has 0 rings (SSSR count). The third-order valence-electron chi connectivity index (χ3n) is 1.12. The first-order chi connectivity index (χ1) is 4.76. The molecule has 0 bridgehead atoms. The lowest BCUT2D eigenvalue weighted by Gasteiger charge is -1.95. The van der Waals surface area contributed by atoms with Gasteiger partial charge in [0.15, 0.2) is 0 Å². The maximum absolute atomic E-state index is 6.45. The third-order valence-corrected chi connectivity index (χ3v) is 1.12. The topological polar surface area (TPSA) is 87.0 Å². The van der Waals surface area contributed by atoms with E-state index in [1.54, 1.807) is 6.92 Å². The number of nitrogens with two attached hydrogens (primary N) is 1. The quantitative estimate of drug-likeness (QED) is 0.262. The summed E-state index contributed by atoms with van der Waals surface area (Å²) in [7, 11) is 0. The lowest BCUT2D eigenvalue weighted by Crippen LogP contribution is -2.10. The van der Waals surface area contributed by atoms with Crippen molar-refractivity contribution in [3.8, 4) is 0 Å². The Hall–Kier alpha value is -1.26. The van der Waals surface area contributed by atoms with Crippen LogP contribution in [0.1, 0.15) is 20.3 Å². The van der Waals surface area contributed by atoms with E-state index >= 15 is 0 Å². The van der Waals surface area contributed by atoms with E-state index in [1.807, 2.05) is 6.92 Å². The highest BCUT2D eigenvalue weighted by Gasteiger charge is 1.98. The molecule has 5 heteroatoms. The van der Waals surface area contributed by atoms with Gasteiger partial charge in [-0.3, -0.25) is 0 Å². The predicted molar refractivity (Wildman–Crippen MR) is 40.2 cm³/mol. The first-order valence-electron chi connectivity index (χ1n) is 2.94. The molecule has 0 saturated carbocycles. The number of rotatable bonds is 3. The maximum atomic E-state index is 6.45. The Bertz CT molecular complexity index is 169. The van der Waals surface area contributed by atoms with E-state index in [2.05, 4.69) is 15.4 Å². The van der Waals surface area contributed by atoms with E-state index in [0.717, 1.165) is 0 Å². The molecule has 3 N–H and O–H groups in total. The van der Waals surface area contributed by atoms with Crippen LogP contribution in [0, 0.1) is 5.53 Å². The smallest absolute Gasteiger partial charge is 0.0874 e. The summed E-state index contributed by atoms with van der Waals surface area (Å²) in [6, 6.07) is 0. The highest BCUT2D eigenvalue weighted by Crippen LogP contribution is 1.89. The summed E-state index contributed by atoms with van der Waals surface area (Å²) in [6.45, 7) is 3.63. The van der Waals surface area contributed by atoms with E-state index in [-0.39, 0.29) is 0 Å². The van der Waals surface area contributed by atoms with Crippen LogP contribution in [0.15, 0.2) is 15.4 Å². The molecule has 0 radical (unpaired) electrons. The molecule has 0 aliphatic rings. The summed E-state index contributed by atoms with van der Waals surface area (Å²) >= 11 is 0. The normalized spacial score (nSPS) is 13.4. The van der Waals surface area contributed by atoms with Crippen molar-refractivity contribution in [3.63, 3.8) is 0 Å². The fourth-order valence-electron chi connectivity index (χ4n) is 0.534. The zero-order valence-corrected chi connectivity index (χ0v) is 6.13. The Morgan fingerprint density at radius 2 is 2.20 bits per heavy atom. The van der Waals surface area contributed by atoms with Gasteiger partial charge in [0.05, 0.1) is 11.4 Å². The molecule has 0 spiro atoms. The van der Waals surface area contributed by atoms with E-state index in [1.165, 1.54) is 0 Å². The van der Waals surface area contributed by atoms with Gasteiger partial charge in [-0.2, -0.15) is 10.6 Å². The molecular weight excluding hydrogens is 130 g/mol. The molecular formula is C5H11N5. The summed E-state index contributed by atoms with van der Waals surface area (Å²) in [6.07, 6.45) is 0.689. The van der Waals surface area contributed by atoms with E-state index in [4.69, 9.17) is 11.4 Å². The van der Waals surface area contributed by atoms with Crippen molar-refractivity contribution >= 4 is 11.4 Å². The number of nitrogens with zero attached hydrogens (tertiary/aromatic N) is 3. The predicted octanol–water partition coefficient (Wildman–Crippen LogP) is 1.12. The Balaban J connectivity index is 4.35. The lowest BCUT2D eigenvalue weighted by atomic mass is 10.2. The molecule has 0 heterocycles. The van der Waals surface area contributed by atoms with Gasteiger partial charge >= 0.3 is 0 Å². The van der Waals surface area contributed by atoms with Crippen LogP contribution in [0.5, 0.6) is 0 Å². The van der Waals surface area contributed by atoms with Gasteiger partial charge in [-0.05, 0) is 13.3 Å². The molecule has 0 aromatic rings. The van der Waals surface area contributed by atoms with Crippen LogP contribution in [-0.2, 0) is 0 Å². The minimum atomic E-state index is 0.624. The fraction of sp³-hybridized carbons (Fsp3) is 0.600. The molecule has 0 aromatic carbocycles. The van der Waals surface area contributed by atoms with E-state index in [0.29, 0.717) is 17.8 Å². The molecule has 0 unspecified atom stereocenters. The zero-order valence-electron chi connectivity index (χ0n) is 6.13. The van der Waals surface area contributed by atoms with Gasteiger partial charge in [-0.15, -0.1) is 5.10 Å². The van der Waals surface area contributed by atoms with Gasteiger partial charge < -0.3 is 5.84 Å². The van der Waals surface area contributed by atoms with Gasteiger partial charge in [0.25, 0.3) is 0 Å². The molecule has 0 aliphatic heterocycles. The van der Waals surface area contributed by atoms with Gasteiger partial charge in [-0.25, -0.2) is 0 Å². The SMILES string of the molecule is CCC(=N/N=N)/C(C)=N\N. The first-order valence-corrected chi connectivity index (χ1v) is 2.94. The van der Waals surface area contributed by atoms with Crippen molar-refractivity contribution in [1.82, 2.24) is 0 Å². The Morgan fingerprint density at radius 3 is 2.50 bits per heavy atom. The molecule has 5 nitrogen and oxygen atoms in total. The van der Waals surface area contributed by atoms with Gasteiger partial charge in [0, 0.05) is 0 Å². The second kappa shape index (κ2) is 4.60. The largest absolute Gasteiger partial charge is 0.323 e. The van der Waals surface area contributed by atoms with Crippen LogP contribution in [0.2, 0.25) is 0 Å². The lowest BCUT2D eigenvalue weighted by molar-refractivity contribution is 0.982. The minimum Gasteiger partial charge on any atom is -0.323 e. The van der Waals surface area contributed by atoms with Crippen LogP contribution in [0.3, 0.4) is 0 Å². The van der Waals surface area contributed by atoms with Crippen molar-refractivity contribution in [3.05, 3.63) is 0 Å². The Kier molecular flexibility index (Phi) is 4.02. The van der Waals surface area contributed by atoms with Crippen molar-refractivity contribution in [2.24, 2.45) is 21.3 Å². The van der Waals surface area contributed by atoms with Crippen LogP contribution in [0.4, 0.5) is 0 Å². The highest BCUT2D eigenvalue weighted by atomic mass is 15.3. The number of hydrogen-bond acceptors (Lipinski definition) is 4. The van der Waals surface area contributed by atoms with Gasteiger partial charge in [0.1, 0.15) is 0 Å². The minimum absolute atomic E-state index is 0.624. The second-order valence-electron chi connectivity index (χ2n) is 1.71. The standard InChI is InChI=1S/C5H11N5/c1-3-5(9-10-7)4(2)8-6/h7H,3,6H2,1-2H3/b8-4-,9-5-,10-7?. The van der Waals surface area contributed by atoms with Crippen LogP contribution in [-0.4, -0.2) is 11.4 Å². The average Bonchev–Trinajstić information content (AvgIpc) is 1.99. The summed E-state index contributed by atoms with van der Waals surface area (Å²) in [4.78, 5) is 0. The summed E-state index contributed by atoms with van der Waals surface area (Å²) in [5.74, 6) is 4.98. The molecule has 0 aromatic heterocycles. The van der Waals surface area contributed by atoms with Crippen LogP contribution in [0.25, 0.3) is 0 Å². The van der Waals surface area contributed by atoms with Crippen molar-refractivity contribution in [2.45, 2.75) is 20.3 Å². The highest BCUT2D eigenvalue weighted by molar-refractivity contribution is 6.41. The molecule has 0 saturated heterocycles. The summed E-state index contributed by atoms with van der Waals surface area (Å²) < 4.78 is 0. The van der Waals surface area contributed by atoms with Crippen LogP contribution >= 0.6 is 0 Å². The molecule has 0 amide bonds. The monoisotopic (exact) mass is 141 g/mol. The molecule has 0 fully saturated rings. The molecule has 10 heavy (non-hydrogen) atoms. The number of hydrogen-bond donors (Lipinski definition) is 2. The van der Waals surface area contributed by atoms with Gasteiger partial charge in [-0.1, -0.05) is 12.1 Å². The van der Waals surface area contributed by atoms with E-state index in [9.17, 15) is 0 Å². The van der Waals surface area contributed by atoms with Crippen molar-refractivity contribution in [1.29, 1.82) is 5.53 Å². The van der Waals surface area contributed by atoms with Gasteiger partial charge in [0.2, 0.25) is 0 Å². The van der Waals surface area contributed by atoms with E-state index < -0.39 is 0 Å². The third kappa shape index (κ3) is 2.34. The zero-order chi connectivity index (χ0) is 7.98. The summed E-state index contributed by atoms with van der Waals surface area (Å²) in [5.41, 5.74) is 7.72. The average molecular weight is 141 g/mol. The fourth-order valence-corrected chi connectivity index (χ4v) is 0.534. The number of hydrazone groups is 1. The molecule has 56 valence electrons. The Morgan fingerprint density at radius 1 is 1.60 bits per heavy atom. The number of nitrogens with one attached hydrogen (secondary N) is 1. The van der Waals surface area contributed by atoms with Crippen LogP contribution < -0.4 is 5.84 Å². The Labute approximate surface area is 59.5 Å². The molecule has 0 atom stereocenters. The van der Waals surface area contributed by atoms with Crippen molar-refractivity contribution in [2.75, 3.05) is 0 Å². The second-order valence-corrected chi connectivity index (χ2v) is 1.71. The summed E-state index contributed by atoms with van der Waals surface area (Å²) in [5, 5.41) is 9.81. The van der Waals surface area contributed by atoms with Crippen molar-refractivity contribution < 1.29 is 0 Å². The first kappa shape index (κ1) is 8.74. The maximum Gasteiger partial charge on any atom is 0.0874 e.